The SMILES string of the molecule is O=C1C2=C(c3ccccc31)N(c1ccc([N+](=O)[O-])cc1)C1=C(C(=O)c3ccccc31)C21C(=O)Nc2ccccc21. The van der Waals surface area contributed by atoms with Crippen LogP contribution in [0.4, 0.5) is 17.1 Å². The fraction of sp³-hybridized carbons (Fsp3) is 0.0312. The fourth-order valence-electron chi connectivity index (χ4n) is 6.66. The van der Waals surface area contributed by atoms with Crippen LogP contribution in [0.3, 0.4) is 0 Å². The molecule has 2 aliphatic carbocycles. The predicted octanol–water partition coefficient (Wildman–Crippen LogP) is 5.52. The molecule has 0 atom stereocenters. The number of amides is 1. The van der Waals surface area contributed by atoms with Crippen LogP contribution < -0.4 is 10.2 Å². The summed E-state index contributed by atoms with van der Waals surface area (Å²) < 4.78 is 0. The third-order valence-corrected chi connectivity index (χ3v) is 8.22. The molecule has 4 aliphatic rings. The Balaban J connectivity index is 1.55. The molecule has 40 heavy (non-hydrogen) atoms. The average Bonchev–Trinajstić information content (AvgIpc) is 3.56. The van der Waals surface area contributed by atoms with E-state index in [2.05, 4.69) is 5.32 Å². The first-order chi connectivity index (χ1) is 19.4. The van der Waals surface area contributed by atoms with Crippen LogP contribution in [-0.4, -0.2) is 22.4 Å². The Kier molecular flexibility index (Phi) is 4.18. The number of benzene rings is 4. The minimum atomic E-state index is -1.68. The first-order valence-electron chi connectivity index (χ1n) is 12.7. The summed E-state index contributed by atoms with van der Waals surface area (Å²) in [5, 5.41) is 14.4. The molecule has 8 rings (SSSR count). The van der Waals surface area contributed by atoms with Crippen molar-refractivity contribution in [2.45, 2.75) is 5.41 Å². The van der Waals surface area contributed by atoms with Gasteiger partial charge in [-0.2, -0.15) is 0 Å². The van der Waals surface area contributed by atoms with Crippen LogP contribution in [0.25, 0.3) is 11.4 Å². The molecule has 0 saturated carbocycles. The number of nitrogens with zero attached hydrogens (tertiary/aromatic N) is 2. The molecule has 1 amide bonds. The minimum Gasteiger partial charge on any atom is -0.324 e. The van der Waals surface area contributed by atoms with Crippen molar-refractivity contribution in [3.63, 3.8) is 0 Å². The van der Waals surface area contributed by atoms with E-state index in [1.807, 2.05) is 29.2 Å². The normalized spacial score (nSPS) is 17.5. The van der Waals surface area contributed by atoms with Gasteiger partial charge in [0.25, 0.3) is 5.69 Å². The number of nitro benzene ring substituents is 1. The second-order valence-corrected chi connectivity index (χ2v) is 10.1. The number of ketones is 2. The van der Waals surface area contributed by atoms with E-state index < -0.39 is 16.2 Å². The molecule has 0 unspecified atom stereocenters. The van der Waals surface area contributed by atoms with Crippen LogP contribution in [0.1, 0.15) is 37.4 Å². The largest absolute Gasteiger partial charge is 0.324 e. The quantitative estimate of drug-likeness (QED) is 0.274. The van der Waals surface area contributed by atoms with Crippen molar-refractivity contribution in [3.8, 4) is 0 Å². The van der Waals surface area contributed by atoms with Crippen LogP contribution in [-0.2, 0) is 10.2 Å². The highest BCUT2D eigenvalue weighted by atomic mass is 16.6. The van der Waals surface area contributed by atoms with E-state index >= 15 is 0 Å². The Morgan fingerprint density at radius 3 is 1.70 bits per heavy atom. The number of hydrogen-bond donors (Lipinski definition) is 1. The number of nitrogens with one attached hydrogen (secondary N) is 1. The van der Waals surface area contributed by atoms with Gasteiger partial charge in [0, 0.05) is 62.5 Å². The first-order valence-corrected chi connectivity index (χ1v) is 12.7. The highest BCUT2D eigenvalue weighted by molar-refractivity contribution is 6.39. The Morgan fingerprint density at radius 2 is 1.15 bits per heavy atom. The van der Waals surface area contributed by atoms with Crippen LogP contribution in [0.5, 0.6) is 0 Å². The zero-order chi connectivity index (χ0) is 27.3. The molecule has 1 N–H and O–H groups in total. The summed E-state index contributed by atoms with van der Waals surface area (Å²) in [4.78, 5) is 55.7. The Labute approximate surface area is 227 Å². The van der Waals surface area contributed by atoms with Gasteiger partial charge in [-0.25, -0.2) is 0 Å². The number of carbonyl (C=O) groups excluding carboxylic acids is 3. The van der Waals surface area contributed by atoms with E-state index in [0.29, 0.717) is 50.6 Å². The monoisotopic (exact) mass is 523 g/mol. The molecule has 0 fully saturated rings. The van der Waals surface area contributed by atoms with Crippen molar-refractivity contribution < 1.29 is 19.3 Å². The van der Waals surface area contributed by atoms with Crippen LogP contribution in [0.2, 0.25) is 0 Å². The van der Waals surface area contributed by atoms with Gasteiger partial charge >= 0.3 is 0 Å². The second kappa shape index (κ2) is 7.48. The summed E-state index contributed by atoms with van der Waals surface area (Å²) in [6, 6.07) is 27.4. The van der Waals surface area contributed by atoms with Gasteiger partial charge in [0.05, 0.1) is 16.3 Å². The molecule has 190 valence electrons. The molecule has 8 heteroatoms. The minimum absolute atomic E-state index is 0.0875. The van der Waals surface area contributed by atoms with E-state index in [9.17, 15) is 24.5 Å². The number of fused-ring (bicyclic) bond motifs is 8. The Bertz CT molecular complexity index is 1890. The number of nitro groups is 1. The van der Waals surface area contributed by atoms with Gasteiger partial charge in [0.1, 0.15) is 5.41 Å². The van der Waals surface area contributed by atoms with Crippen molar-refractivity contribution in [2.75, 3.05) is 10.2 Å². The van der Waals surface area contributed by atoms with Gasteiger partial charge in [-0.1, -0.05) is 66.7 Å². The summed E-state index contributed by atoms with van der Waals surface area (Å²) in [7, 11) is 0. The summed E-state index contributed by atoms with van der Waals surface area (Å²) in [6.07, 6.45) is 0. The third-order valence-electron chi connectivity index (χ3n) is 8.22. The number of anilines is 2. The molecule has 8 nitrogen and oxygen atoms in total. The van der Waals surface area contributed by atoms with Crippen LogP contribution in [0, 0.1) is 10.1 Å². The van der Waals surface area contributed by atoms with Crippen molar-refractivity contribution in [1.29, 1.82) is 0 Å². The predicted molar refractivity (Wildman–Crippen MR) is 148 cm³/mol. The highest BCUT2D eigenvalue weighted by Gasteiger charge is 2.64. The van der Waals surface area contributed by atoms with Gasteiger partial charge in [-0.05, 0) is 18.2 Å². The average molecular weight is 524 g/mol. The molecule has 0 bridgehead atoms. The standard InChI is InChI=1S/C32H17N3O5/c36-29-21-9-3-1-7-19(21)27-25(29)32(23-11-5-6-12-24(23)33-31(32)38)26-28(20-8-2-4-10-22(20)30(26)37)34(27)17-13-15-18(16-14-17)35(39)40/h1-16H,(H,33,38). The smallest absolute Gasteiger partial charge is 0.269 e. The molecule has 4 aromatic carbocycles. The Hall–Kier alpha value is -5.63. The summed E-state index contributed by atoms with van der Waals surface area (Å²) in [5.41, 5.74) is 3.35. The van der Waals surface area contributed by atoms with Gasteiger partial charge in [0.2, 0.25) is 5.91 Å². The number of hydrogen-bond acceptors (Lipinski definition) is 6. The lowest BCUT2D eigenvalue weighted by molar-refractivity contribution is -0.384. The van der Waals surface area contributed by atoms with Gasteiger partial charge in [0.15, 0.2) is 11.6 Å². The third kappa shape index (κ3) is 2.48. The van der Waals surface area contributed by atoms with Crippen LogP contribution in [0.15, 0.2) is 108 Å². The van der Waals surface area contributed by atoms with E-state index in [1.165, 1.54) is 12.1 Å². The molecule has 2 aliphatic heterocycles. The first kappa shape index (κ1) is 22.4. The zero-order valence-electron chi connectivity index (χ0n) is 20.7. The number of rotatable bonds is 2. The van der Waals surface area contributed by atoms with Gasteiger partial charge in [-0.3, -0.25) is 24.5 Å². The lowest BCUT2D eigenvalue weighted by Gasteiger charge is -2.41. The number of para-hydroxylation sites is 1. The van der Waals surface area contributed by atoms with Gasteiger partial charge < -0.3 is 10.2 Å². The molecule has 0 aromatic heterocycles. The molecular formula is C32H17N3O5. The molecule has 0 saturated heterocycles. The lowest BCUT2D eigenvalue weighted by atomic mass is 9.65. The number of non-ortho nitro benzene ring substituents is 1. The molecule has 0 radical (unpaired) electrons. The number of Topliss-reactive ketones (excluding diaryl/α,β-unsaturated/α-hetero) is 2. The van der Waals surface area contributed by atoms with Crippen molar-refractivity contribution >= 4 is 45.9 Å². The second-order valence-electron chi connectivity index (χ2n) is 10.1. The zero-order valence-corrected chi connectivity index (χ0v) is 20.7. The Morgan fingerprint density at radius 1 is 0.650 bits per heavy atom. The molecule has 1 spiro atoms. The maximum atomic E-state index is 14.3. The molecular weight excluding hydrogens is 506 g/mol. The van der Waals surface area contributed by atoms with E-state index in [4.69, 9.17) is 0 Å². The van der Waals surface area contributed by atoms with E-state index in [1.54, 1.807) is 60.7 Å². The van der Waals surface area contributed by atoms with E-state index in [0.717, 1.165) is 0 Å². The maximum Gasteiger partial charge on any atom is 0.269 e. The topological polar surface area (TPSA) is 110 Å². The van der Waals surface area contributed by atoms with Crippen molar-refractivity contribution in [1.82, 2.24) is 0 Å². The summed E-state index contributed by atoms with van der Waals surface area (Å²) in [5.74, 6) is -1.13. The van der Waals surface area contributed by atoms with Crippen LogP contribution >= 0.6 is 0 Å². The summed E-state index contributed by atoms with van der Waals surface area (Å²) >= 11 is 0. The summed E-state index contributed by atoms with van der Waals surface area (Å²) in [6.45, 7) is 0. The number of carbonyl (C=O) groups is 3. The highest BCUT2D eigenvalue weighted by Crippen LogP contribution is 2.62. The fourth-order valence-corrected chi connectivity index (χ4v) is 6.66. The van der Waals surface area contributed by atoms with Gasteiger partial charge in [-0.15, -0.1) is 0 Å². The lowest BCUT2D eigenvalue weighted by Crippen LogP contribution is -2.47. The molecule has 2 heterocycles. The van der Waals surface area contributed by atoms with Crippen molar-refractivity contribution in [2.24, 2.45) is 0 Å². The maximum absolute atomic E-state index is 14.3. The van der Waals surface area contributed by atoms with E-state index in [-0.39, 0.29) is 28.4 Å². The molecule has 4 aromatic rings. The van der Waals surface area contributed by atoms with Crippen molar-refractivity contribution in [3.05, 3.63) is 146 Å².